The largest absolute Gasteiger partial charge is 0.328 e. The predicted molar refractivity (Wildman–Crippen MR) is 42.0 cm³/mol. The van der Waals surface area contributed by atoms with E-state index in [0.717, 1.165) is 12.8 Å². The standard InChI is InChI=1S/C8H18N/c1-7(9)5-6-8(2,3)4/h7H,1,5-6,9H2,2-4H3. The van der Waals surface area contributed by atoms with Gasteiger partial charge < -0.3 is 5.73 Å². The summed E-state index contributed by atoms with van der Waals surface area (Å²) >= 11 is 0. The van der Waals surface area contributed by atoms with Gasteiger partial charge >= 0.3 is 0 Å². The van der Waals surface area contributed by atoms with E-state index in [1.807, 2.05) is 0 Å². The molecular weight excluding hydrogens is 110 g/mol. The number of hydrogen-bond acceptors (Lipinski definition) is 1. The molecule has 1 heteroatoms. The van der Waals surface area contributed by atoms with Crippen LogP contribution in [0, 0.1) is 12.3 Å². The summed E-state index contributed by atoms with van der Waals surface area (Å²) < 4.78 is 0. The zero-order chi connectivity index (χ0) is 7.49. The van der Waals surface area contributed by atoms with Gasteiger partial charge in [-0.25, -0.2) is 0 Å². The summed E-state index contributed by atoms with van der Waals surface area (Å²) in [6, 6.07) is 0.115. The maximum Gasteiger partial charge on any atom is 0.00396 e. The van der Waals surface area contributed by atoms with Crippen molar-refractivity contribution < 1.29 is 0 Å². The number of rotatable bonds is 2. The minimum Gasteiger partial charge on any atom is -0.328 e. The van der Waals surface area contributed by atoms with Gasteiger partial charge in [-0.2, -0.15) is 0 Å². The van der Waals surface area contributed by atoms with Crippen molar-refractivity contribution in [1.82, 2.24) is 0 Å². The van der Waals surface area contributed by atoms with Crippen molar-refractivity contribution in [3.05, 3.63) is 6.92 Å². The smallest absolute Gasteiger partial charge is 0.00396 e. The van der Waals surface area contributed by atoms with E-state index in [4.69, 9.17) is 5.73 Å². The Morgan fingerprint density at radius 1 is 1.44 bits per heavy atom. The molecule has 1 radical (unpaired) electrons. The number of hydrogen-bond donors (Lipinski definition) is 1. The Morgan fingerprint density at radius 3 is 2.00 bits per heavy atom. The molecular formula is C8H18N. The summed E-state index contributed by atoms with van der Waals surface area (Å²) in [4.78, 5) is 0. The van der Waals surface area contributed by atoms with Gasteiger partial charge in [0.15, 0.2) is 0 Å². The zero-order valence-corrected chi connectivity index (χ0v) is 6.78. The molecule has 0 aliphatic heterocycles. The van der Waals surface area contributed by atoms with Gasteiger partial charge in [-0.1, -0.05) is 20.8 Å². The lowest BCUT2D eigenvalue weighted by Gasteiger charge is -2.18. The van der Waals surface area contributed by atoms with Crippen LogP contribution in [0.1, 0.15) is 33.6 Å². The molecule has 0 saturated carbocycles. The molecule has 0 aliphatic rings. The Balaban J connectivity index is 3.28. The fourth-order valence-electron chi connectivity index (χ4n) is 0.618. The molecule has 0 amide bonds. The quantitative estimate of drug-likeness (QED) is 0.604. The van der Waals surface area contributed by atoms with Crippen LogP contribution >= 0.6 is 0 Å². The van der Waals surface area contributed by atoms with E-state index in [1.165, 1.54) is 0 Å². The monoisotopic (exact) mass is 128 g/mol. The maximum atomic E-state index is 5.49. The van der Waals surface area contributed by atoms with Crippen LogP contribution in [-0.4, -0.2) is 6.04 Å². The third-order valence-corrected chi connectivity index (χ3v) is 1.27. The fourth-order valence-corrected chi connectivity index (χ4v) is 0.618. The van der Waals surface area contributed by atoms with Gasteiger partial charge in [0.05, 0.1) is 0 Å². The molecule has 0 aromatic rings. The third kappa shape index (κ3) is 7.96. The molecule has 0 aliphatic carbocycles. The second-order valence-electron chi connectivity index (χ2n) is 3.86. The summed E-state index contributed by atoms with van der Waals surface area (Å²) in [6.07, 6.45) is 2.20. The van der Waals surface area contributed by atoms with Gasteiger partial charge in [0.1, 0.15) is 0 Å². The molecule has 1 atom stereocenters. The molecule has 0 saturated heterocycles. The van der Waals surface area contributed by atoms with Gasteiger partial charge in [-0.05, 0) is 25.2 Å². The molecule has 1 nitrogen and oxygen atoms in total. The molecule has 0 aromatic carbocycles. The van der Waals surface area contributed by atoms with E-state index < -0.39 is 0 Å². The lowest BCUT2D eigenvalue weighted by Crippen LogP contribution is -2.18. The van der Waals surface area contributed by atoms with Crippen molar-refractivity contribution in [3.63, 3.8) is 0 Å². The topological polar surface area (TPSA) is 26.0 Å². The fraction of sp³-hybridized carbons (Fsp3) is 0.875. The first-order chi connectivity index (χ1) is 3.92. The van der Waals surface area contributed by atoms with Gasteiger partial charge in [0, 0.05) is 6.04 Å². The van der Waals surface area contributed by atoms with Crippen molar-refractivity contribution in [2.24, 2.45) is 11.1 Å². The normalized spacial score (nSPS) is 15.7. The average molecular weight is 128 g/mol. The molecule has 1 unspecified atom stereocenters. The summed E-state index contributed by atoms with van der Waals surface area (Å²) in [5.41, 5.74) is 5.90. The minimum absolute atomic E-state index is 0.115. The van der Waals surface area contributed by atoms with E-state index in [9.17, 15) is 0 Å². The Labute approximate surface area is 58.6 Å². The van der Waals surface area contributed by atoms with Crippen LogP contribution in [0.2, 0.25) is 0 Å². The lowest BCUT2D eigenvalue weighted by atomic mass is 9.89. The highest BCUT2D eigenvalue weighted by Gasteiger charge is 2.09. The van der Waals surface area contributed by atoms with Crippen molar-refractivity contribution in [1.29, 1.82) is 0 Å². The highest BCUT2D eigenvalue weighted by molar-refractivity contribution is 4.68. The Morgan fingerprint density at radius 2 is 1.89 bits per heavy atom. The molecule has 0 fully saturated rings. The van der Waals surface area contributed by atoms with Crippen LogP contribution < -0.4 is 5.73 Å². The van der Waals surface area contributed by atoms with Crippen LogP contribution in [0.5, 0.6) is 0 Å². The maximum absolute atomic E-state index is 5.49. The Kier molecular flexibility index (Phi) is 3.20. The SMILES string of the molecule is [CH2]C(N)CCC(C)(C)C. The Bertz CT molecular complexity index is 69.1. The first-order valence-corrected chi connectivity index (χ1v) is 3.50. The molecule has 55 valence electrons. The van der Waals surface area contributed by atoms with E-state index >= 15 is 0 Å². The van der Waals surface area contributed by atoms with Gasteiger partial charge in [-0.3, -0.25) is 0 Å². The van der Waals surface area contributed by atoms with Crippen LogP contribution in [-0.2, 0) is 0 Å². The molecule has 0 aromatic heterocycles. The van der Waals surface area contributed by atoms with E-state index in [-0.39, 0.29) is 6.04 Å². The molecule has 0 rings (SSSR count). The van der Waals surface area contributed by atoms with Gasteiger partial charge in [0.25, 0.3) is 0 Å². The summed E-state index contributed by atoms with van der Waals surface area (Å²) in [7, 11) is 0. The highest BCUT2D eigenvalue weighted by atomic mass is 14.6. The summed E-state index contributed by atoms with van der Waals surface area (Å²) in [5.74, 6) is 0. The van der Waals surface area contributed by atoms with Crippen LogP contribution in [0.25, 0.3) is 0 Å². The zero-order valence-electron chi connectivity index (χ0n) is 6.78. The Hall–Kier alpha value is -0.0400. The van der Waals surface area contributed by atoms with Crippen molar-refractivity contribution in [2.45, 2.75) is 39.7 Å². The minimum atomic E-state index is 0.115. The lowest BCUT2D eigenvalue weighted by molar-refractivity contribution is 0.357. The van der Waals surface area contributed by atoms with Gasteiger partial charge in [-0.15, -0.1) is 0 Å². The molecule has 0 spiro atoms. The highest BCUT2D eigenvalue weighted by Crippen LogP contribution is 2.20. The first-order valence-electron chi connectivity index (χ1n) is 3.50. The van der Waals surface area contributed by atoms with Crippen molar-refractivity contribution >= 4 is 0 Å². The molecule has 0 heterocycles. The van der Waals surface area contributed by atoms with E-state index in [2.05, 4.69) is 27.7 Å². The second-order valence-corrected chi connectivity index (χ2v) is 3.86. The second kappa shape index (κ2) is 3.21. The summed E-state index contributed by atoms with van der Waals surface area (Å²) in [5, 5.41) is 0. The average Bonchev–Trinajstić information content (AvgIpc) is 1.59. The van der Waals surface area contributed by atoms with Gasteiger partial charge in [0.2, 0.25) is 0 Å². The molecule has 9 heavy (non-hydrogen) atoms. The molecule has 0 bridgehead atoms. The first kappa shape index (κ1) is 8.96. The van der Waals surface area contributed by atoms with E-state index in [0.29, 0.717) is 5.41 Å². The van der Waals surface area contributed by atoms with Crippen molar-refractivity contribution in [2.75, 3.05) is 0 Å². The third-order valence-electron chi connectivity index (χ3n) is 1.27. The predicted octanol–water partition coefficient (Wildman–Crippen LogP) is 1.97. The molecule has 2 N–H and O–H groups in total. The number of nitrogens with two attached hydrogens (primary N) is 1. The van der Waals surface area contributed by atoms with Crippen LogP contribution in [0.3, 0.4) is 0 Å². The van der Waals surface area contributed by atoms with Crippen LogP contribution in [0.15, 0.2) is 0 Å². The van der Waals surface area contributed by atoms with Crippen molar-refractivity contribution in [3.8, 4) is 0 Å². The summed E-state index contributed by atoms with van der Waals surface area (Å²) in [6.45, 7) is 10.4. The van der Waals surface area contributed by atoms with Crippen LogP contribution in [0.4, 0.5) is 0 Å². The van der Waals surface area contributed by atoms with E-state index in [1.54, 1.807) is 0 Å².